The second kappa shape index (κ2) is 14.6. The van der Waals surface area contributed by atoms with Crippen molar-refractivity contribution in [3.8, 4) is 57.1 Å². The van der Waals surface area contributed by atoms with Crippen molar-refractivity contribution in [3.63, 3.8) is 0 Å². The lowest BCUT2D eigenvalue weighted by Gasteiger charge is -2.29. The monoisotopic (exact) mass is 870 g/mol. The molecule has 2 aromatic heterocycles. The van der Waals surface area contributed by atoms with E-state index in [1.54, 1.807) is 41.5 Å². The Bertz CT molecular complexity index is 3200. The quantitative estimate of drug-likeness (QED) is 0.0581. The highest BCUT2D eigenvalue weighted by Gasteiger charge is 2.39. The number of fused-ring (bicyclic) bond motifs is 4. The molecule has 16 nitrogen and oxygen atoms in total. The molecular formula is C48H38O16. The summed E-state index contributed by atoms with van der Waals surface area (Å²) in [5.74, 6) is -10.1. The maximum Gasteiger partial charge on any atom is 0.347 e. The summed E-state index contributed by atoms with van der Waals surface area (Å²) in [5, 5.41) is 111. The predicted octanol–water partition coefficient (Wildman–Crippen LogP) is 7.92. The molecule has 0 spiro atoms. The van der Waals surface area contributed by atoms with Crippen LogP contribution in [0.25, 0.3) is 67.5 Å². The van der Waals surface area contributed by atoms with Crippen molar-refractivity contribution in [2.24, 2.45) is 11.8 Å². The van der Waals surface area contributed by atoms with Crippen molar-refractivity contribution in [2.75, 3.05) is 0 Å². The van der Waals surface area contributed by atoms with Crippen molar-refractivity contribution in [2.45, 2.75) is 41.5 Å². The molecule has 4 aromatic carbocycles. The lowest BCUT2D eigenvalue weighted by molar-refractivity contribution is -0.113. The Morgan fingerprint density at radius 2 is 0.812 bits per heavy atom. The van der Waals surface area contributed by atoms with E-state index in [9.17, 15) is 70.2 Å². The molecule has 0 atom stereocenters. The Balaban J connectivity index is 1.45. The first kappa shape index (κ1) is 42.3. The zero-order valence-electron chi connectivity index (χ0n) is 34.7. The standard InChI is InChI=1S/C48H38O16/c1-15(2)31-21-7-17(5)33(43(57)35(21)23(41(55)45(31)59)13-25-39(53)37-27(51)9-19(49)11-29(37)63-47(25)61)34-18(6)8-22-32(16(3)4)46(60)42(56)24(36(22)44(34)58)14-26-40(54)38-28(52)10-20(50)12-30(38)64-48(26)62/h7-16,49-54,57-60H,1-6H3/b23-13-,24-14-. The highest BCUT2D eigenvalue weighted by molar-refractivity contribution is 6.38. The van der Waals surface area contributed by atoms with Crippen molar-refractivity contribution in [3.05, 3.63) is 113 Å². The van der Waals surface area contributed by atoms with Crippen LogP contribution < -0.4 is 11.3 Å². The molecule has 0 fully saturated rings. The molecule has 0 radical (unpaired) electrons. The van der Waals surface area contributed by atoms with Gasteiger partial charge in [0.2, 0.25) is 11.6 Å². The van der Waals surface area contributed by atoms with Gasteiger partial charge in [0.15, 0.2) is 11.5 Å². The molecule has 0 amide bonds. The smallest absolute Gasteiger partial charge is 0.347 e. The third-order valence-corrected chi connectivity index (χ3v) is 11.5. The van der Waals surface area contributed by atoms with Gasteiger partial charge in [0, 0.05) is 68.8 Å². The van der Waals surface area contributed by atoms with Crippen LogP contribution in [0.3, 0.4) is 0 Å². The summed E-state index contributed by atoms with van der Waals surface area (Å²) in [5.41, 5.74) is -5.41. The van der Waals surface area contributed by atoms with Crippen LogP contribution in [0.2, 0.25) is 0 Å². The van der Waals surface area contributed by atoms with E-state index in [1.165, 1.54) is 12.1 Å². The number of Topliss-reactive ketones (excluding diaryl/α,β-unsaturated/α-hetero) is 2. The Kier molecular flexibility index (Phi) is 9.66. The van der Waals surface area contributed by atoms with Crippen molar-refractivity contribution in [1.29, 1.82) is 0 Å². The van der Waals surface area contributed by atoms with E-state index in [0.717, 1.165) is 36.4 Å². The number of benzene rings is 4. The van der Waals surface area contributed by atoms with Crippen molar-refractivity contribution >= 4 is 67.9 Å². The summed E-state index contributed by atoms with van der Waals surface area (Å²) in [6, 6.07) is 6.73. The van der Waals surface area contributed by atoms with Gasteiger partial charge in [0.05, 0.1) is 0 Å². The second-order valence-corrected chi connectivity index (χ2v) is 16.3. The average molecular weight is 871 g/mol. The van der Waals surface area contributed by atoms with Gasteiger partial charge in [0.1, 0.15) is 79.1 Å². The predicted molar refractivity (Wildman–Crippen MR) is 234 cm³/mol. The number of ketones is 2. The maximum absolute atomic E-state index is 14.2. The number of aryl methyl sites for hydroxylation is 2. The summed E-state index contributed by atoms with van der Waals surface area (Å²) < 4.78 is 10.5. The van der Waals surface area contributed by atoms with Crippen LogP contribution in [0.4, 0.5) is 0 Å². The minimum Gasteiger partial charge on any atom is -0.508 e. The van der Waals surface area contributed by atoms with E-state index in [4.69, 9.17) is 8.83 Å². The number of aromatic hydroxyl groups is 8. The molecule has 8 rings (SSSR count). The minimum absolute atomic E-state index is 0.102. The average Bonchev–Trinajstić information content (AvgIpc) is 3.18. The number of phenolic OH excluding ortho intramolecular Hbond substituents is 6. The van der Waals surface area contributed by atoms with Gasteiger partial charge < -0.3 is 59.9 Å². The number of hydrogen-bond donors (Lipinski definition) is 10. The van der Waals surface area contributed by atoms with Crippen LogP contribution in [0.5, 0.6) is 46.0 Å². The van der Waals surface area contributed by atoms with Crippen LogP contribution in [0, 0.1) is 25.7 Å². The molecule has 0 bridgehead atoms. The molecular weight excluding hydrogens is 833 g/mol. The van der Waals surface area contributed by atoms with E-state index >= 15 is 0 Å². The highest BCUT2D eigenvalue weighted by Crippen LogP contribution is 2.54. The lowest BCUT2D eigenvalue weighted by Crippen LogP contribution is -2.20. The van der Waals surface area contributed by atoms with Gasteiger partial charge in [-0.05, 0) is 60.1 Å². The number of aliphatic hydroxyl groups excluding tert-OH is 2. The van der Waals surface area contributed by atoms with Gasteiger partial charge >= 0.3 is 11.3 Å². The zero-order valence-corrected chi connectivity index (χ0v) is 34.7. The van der Waals surface area contributed by atoms with Gasteiger partial charge in [-0.1, -0.05) is 39.8 Å². The molecule has 16 heteroatoms. The fourth-order valence-electron chi connectivity index (χ4n) is 8.75. The van der Waals surface area contributed by atoms with E-state index in [1.807, 2.05) is 0 Å². The number of aliphatic hydroxyl groups is 2. The van der Waals surface area contributed by atoms with Crippen LogP contribution in [0.15, 0.2) is 66.3 Å². The summed E-state index contributed by atoms with van der Waals surface area (Å²) in [6.45, 7) is 9.83. The fraction of sp³-hybridized carbons (Fsp3) is 0.167. The van der Waals surface area contributed by atoms with Crippen LogP contribution in [-0.4, -0.2) is 62.6 Å². The molecule has 10 N–H and O–H groups in total. The normalized spacial score (nSPS) is 15.4. The largest absolute Gasteiger partial charge is 0.508 e. The zero-order chi connectivity index (χ0) is 46.7. The fourth-order valence-corrected chi connectivity index (χ4v) is 8.75. The van der Waals surface area contributed by atoms with E-state index in [-0.39, 0.29) is 55.7 Å². The number of carbonyl (C=O) groups is 2. The topological polar surface area (TPSA) is 297 Å². The van der Waals surface area contributed by atoms with Crippen LogP contribution in [0.1, 0.15) is 72.2 Å². The molecule has 2 aliphatic carbocycles. The summed E-state index contributed by atoms with van der Waals surface area (Å²) in [7, 11) is 0. The first-order chi connectivity index (χ1) is 30.0. The molecule has 64 heavy (non-hydrogen) atoms. The Morgan fingerprint density at radius 3 is 1.14 bits per heavy atom. The summed E-state index contributed by atoms with van der Waals surface area (Å²) >= 11 is 0. The third kappa shape index (κ3) is 6.13. The molecule has 6 aromatic rings. The molecule has 2 heterocycles. The number of allylic oxidation sites excluding steroid dienone is 4. The molecule has 0 saturated heterocycles. The Hall–Kier alpha value is -8.40. The Labute approximate surface area is 360 Å². The van der Waals surface area contributed by atoms with Gasteiger partial charge in [-0.25, -0.2) is 9.59 Å². The summed E-state index contributed by atoms with van der Waals surface area (Å²) in [4.78, 5) is 55.1. The number of hydrogen-bond acceptors (Lipinski definition) is 16. The highest BCUT2D eigenvalue weighted by atomic mass is 16.4. The maximum atomic E-state index is 14.2. The molecule has 0 aliphatic heterocycles. The van der Waals surface area contributed by atoms with Crippen LogP contribution >= 0.6 is 0 Å². The van der Waals surface area contributed by atoms with Crippen molar-refractivity contribution in [1.82, 2.24) is 0 Å². The van der Waals surface area contributed by atoms with Gasteiger partial charge in [0.25, 0.3) is 0 Å². The van der Waals surface area contributed by atoms with Gasteiger partial charge in [-0.2, -0.15) is 0 Å². The number of rotatable bonds is 5. The molecule has 0 saturated carbocycles. The number of phenols is 6. The molecule has 326 valence electrons. The van der Waals surface area contributed by atoms with E-state index in [0.29, 0.717) is 0 Å². The Morgan fingerprint density at radius 1 is 0.469 bits per heavy atom. The first-order valence-corrected chi connectivity index (χ1v) is 19.6. The molecule has 0 unspecified atom stereocenters. The minimum atomic E-state index is -1.23. The second-order valence-electron chi connectivity index (χ2n) is 16.3. The van der Waals surface area contributed by atoms with E-state index < -0.39 is 136 Å². The lowest BCUT2D eigenvalue weighted by atomic mass is 9.74. The van der Waals surface area contributed by atoms with Gasteiger partial charge in [-0.3, -0.25) is 9.59 Å². The van der Waals surface area contributed by atoms with Crippen LogP contribution in [-0.2, 0) is 9.59 Å². The summed E-state index contributed by atoms with van der Waals surface area (Å²) in [6.07, 6.45) is 1.73. The third-order valence-electron chi connectivity index (χ3n) is 11.5. The molecule has 2 aliphatic rings. The van der Waals surface area contributed by atoms with Crippen molar-refractivity contribution < 1.29 is 69.5 Å². The van der Waals surface area contributed by atoms with Gasteiger partial charge in [-0.15, -0.1) is 0 Å². The number of carbonyl (C=O) groups excluding carboxylic acids is 2. The SMILES string of the molecule is Cc1cc2c(c(O)c1-c1c(C)cc3c(c1O)/C(=C/c1c(O)c4c(O)cc(O)cc4oc1=O)C(=O)C(O)=C3C(C)C)/C(=C/c1c(O)c3c(O)cc(O)cc3oc1=O)C(=O)C(O)=C2C(C)C. The van der Waals surface area contributed by atoms with E-state index in [2.05, 4.69) is 0 Å². The first-order valence-electron chi connectivity index (χ1n) is 19.6.